The fourth-order valence-corrected chi connectivity index (χ4v) is 2.13. The lowest BCUT2D eigenvalue weighted by atomic mass is 10.1. The van der Waals surface area contributed by atoms with Crippen LogP contribution in [0.5, 0.6) is 5.75 Å². The Kier molecular flexibility index (Phi) is 9.01. The van der Waals surface area contributed by atoms with E-state index in [1.165, 1.54) is 38.4 Å². The number of carbonyl (C=O) groups is 1. The molecule has 0 heterocycles. The minimum atomic E-state index is -0.892. The van der Waals surface area contributed by atoms with Crippen molar-refractivity contribution in [3.05, 3.63) is 42.2 Å². The van der Waals surface area contributed by atoms with E-state index in [1.54, 1.807) is 0 Å². The zero-order chi connectivity index (χ0) is 15.3. The third-order valence-corrected chi connectivity index (χ3v) is 3.40. The molecule has 0 amide bonds. The van der Waals surface area contributed by atoms with Gasteiger partial charge in [-0.15, -0.1) is 0 Å². The molecule has 0 bridgehead atoms. The van der Waals surface area contributed by atoms with Crippen LogP contribution >= 0.6 is 0 Å². The van der Waals surface area contributed by atoms with Crippen molar-refractivity contribution < 1.29 is 14.6 Å². The Hall–Kier alpha value is -1.77. The molecular weight excluding hydrogens is 264 g/mol. The summed E-state index contributed by atoms with van der Waals surface area (Å²) < 4.78 is 5.40. The van der Waals surface area contributed by atoms with Crippen molar-refractivity contribution in [2.24, 2.45) is 0 Å². The van der Waals surface area contributed by atoms with E-state index in [0.29, 0.717) is 17.7 Å². The summed E-state index contributed by atoms with van der Waals surface area (Å²) in [5.41, 5.74) is 0.340. The zero-order valence-corrected chi connectivity index (χ0v) is 12.9. The number of hydrogen-bond donors (Lipinski definition) is 1. The molecular formula is C18H26O3. The second-order valence-electron chi connectivity index (χ2n) is 5.25. The lowest BCUT2D eigenvalue weighted by molar-refractivity contribution is -0.132. The molecule has 0 aromatic heterocycles. The second-order valence-corrected chi connectivity index (χ2v) is 5.25. The SMILES string of the molecule is CCCCCCCCCC(=COc1ccccc1)C(=O)O. The van der Waals surface area contributed by atoms with Crippen LogP contribution in [0, 0.1) is 0 Å². The van der Waals surface area contributed by atoms with Crippen molar-refractivity contribution in [1.82, 2.24) is 0 Å². The molecule has 21 heavy (non-hydrogen) atoms. The van der Waals surface area contributed by atoms with Gasteiger partial charge in [0.2, 0.25) is 0 Å². The summed E-state index contributed by atoms with van der Waals surface area (Å²) in [5, 5.41) is 9.18. The molecule has 0 atom stereocenters. The van der Waals surface area contributed by atoms with Gasteiger partial charge >= 0.3 is 5.97 Å². The lowest BCUT2D eigenvalue weighted by Gasteiger charge is -2.05. The van der Waals surface area contributed by atoms with Gasteiger partial charge in [0.15, 0.2) is 0 Å². The van der Waals surface area contributed by atoms with Crippen LogP contribution in [-0.2, 0) is 4.79 Å². The summed E-state index contributed by atoms with van der Waals surface area (Å²) in [5.74, 6) is -0.229. The molecule has 0 aliphatic carbocycles. The summed E-state index contributed by atoms with van der Waals surface area (Å²) in [6, 6.07) is 9.24. The quantitative estimate of drug-likeness (QED) is 0.347. The van der Waals surface area contributed by atoms with Crippen molar-refractivity contribution in [2.45, 2.75) is 58.3 Å². The highest BCUT2D eigenvalue weighted by molar-refractivity contribution is 5.86. The minimum absolute atomic E-state index is 0.340. The summed E-state index contributed by atoms with van der Waals surface area (Å²) in [7, 11) is 0. The molecule has 1 aromatic carbocycles. The number of carboxylic acids is 1. The van der Waals surface area contributed by atoms with Gasteiger partial charge in [-0.2, -0.15) is 0 Å². The average Bonchev–Trinajstić information content (AvgIpc) is 2.50. The van der Waals surface area contributed by atoms with E-state index in [-0.39, 0.29) is 0 Å². The van der Waals surface area contributed by atoms with Crippen LogP contribution < -0.4 is 4.74 Å². The first-order valence-corrected chi connectivity index (χ1v) is 7.88. The number of aliphatic carboxylic acids is 1. The summed E-state index contributed by atoms with van der Waals surface area (Å²) in [6.07, 6.45) is 10.2. The largest absolute Gasteiger partial charge is 0.478 e. The molecule has 1 N–H and O–H groups in total. The van der Waals surface area contributed by atoms with E-state index in [1.807, 2.05) is 30.3 Å². The van der Waals surface area contributed by atoms with Crippen molar-refractivity contribution >= 4 is 5.97 Å². The van der Waals surface area contributed by atoms with E-state index in [0.717, 1.165) is 12.8 Å². The van der Waals surface area contributed by atoms with Gasteiger partial charge in [-0.25, -0.2) is 4.79 Å². The van der Waals surface area contributed by atoms with Gasteiger partial charge in [0.1, 0.15) is 12.0 Å². The molecule has 0 spiro atoms. The van der Waals surface area contributed by atoms with Crippen LogP contribution in [0.1, 0.15) is 58.3 Å². The van der Waals surface area contributed by atoms with Crippen molar-refractivity contribution in [1.29, 1.82) is 0 Å². The van der Waals surface area contributed by atoms with Crippen LogP contribution in [0.2, 0.25) is 0 Å². The molecule has 3 heteroatoms. The maximum Gasteiger partial charge on any atom is 0.334 e. The number of carboxylic acid groups (broad SMARTS) is 1. The van der Waals surface area contributed by atoms with Crippen LogP contribution in [0.4, 0.5) is 0 Å². The second kappa shape index (κ2) is 11.0. The molecule has 3 nitrogen and oxygen atoms in total. The van der Waals surface area contributed by atoms with Gasteiger partial charge in [-0.1, -0.05) is 63.6 Å². The number of ether oxygens (including phenoxy) is 1. The predicted molar refractivity (Wildman–Crippen MR) is 85.4 cm³/mol. The highest BCUT2D eigenvalue weighted by Crippen LogP contribution is 2.15. The predicted octanol–water partition coefficient (Wildman–Crippen LogP) is 5.17. The molecule has 0 fully saturated rings. The number of benzene rings is 1. The molecule has 0 unspecified atom stereocenters. The van der Waals surface area contributed by atoms with Gasteiger partial charge in [0, 0.05) is 0 Å². The van der Waals surface area contributed by atoms with Crippen molar-refractivity contribution in [2.75, 3.05) is 0 Å². The highest BCUT2D eigenvalue weighted by atomic mass is 16.5. The highest BCUT2D eigenvalue weighted by Gasteiger charge is 2.07. The smallest absolute Gasteiger partial charge is 0.334 e. The summed E-state index contributed by atoms with van der Waals surface area (Å²) in [6.45, 7) is 2.21. The topological polar surface area (TPSA) is 46.5 Å². The first-order valence-electron chi connectivity index (χ1n) is 7.88. The Labute approximate surface area is 127 Å². The number of hydrogen-bond acceptors (Lipinski definition) is 2. The molecule has 0 aliphatic rings. The molecule has 116 valence electrons. The van der Waals surface area contributed by atoms with Gasteiger partial charge in [0.05, 0.1) is 5.57 Å². The van der Waals surface area contributed by atoms with E-state index < -0.39 is 5.97 Å². The van der Waals surface area contributed by atoms with E-state index in [4.69, 9.17) is 4.74 Å². The summed E-state index contributed by atoms with van der Waals surface area (Å²) >= 11 is 0. The van der Waals surface area contributed by atoms with Gasteiger partial charge < -0.3 is 9.84 Å². The Morgan fingerprint density at radius 3 is 2.29 bits per heavy atom. The van der Waals surface area contributed by atoms with Crippen molar-refractivity contribution in [3.8, 4) is 5.75 Å². The van der Waals surface area contributed by atoms with E-state index in [9.17, 15) is 9.90 Å². The molecule has 1 rings (SSSR count). The van der Waals surface area contributed by atoms with E-state index in [2.05, 4.69) is 6.92 Å². The third-order valence-electron chi connectivity index (χ3n) is 3.40. The van der Waals surface area contributed by atoms with Crippen LogP contribution in [0.15, 0.2) is 42.2 Å². The Morgan fingerprint density at radius 2 is 1.67 bits per heavy atom. The minimum Gasteiger partial charge on any atom is -0.478 e. The van der Waals surface area contributed by atoms with Gasteiger partial charge in [0.25, 0.3) is 0 Å². The number of para-hydroxylation sites is 1. The Balaban J connectivity index is 2.28. The zero-order valence-electron chi connectivity index (χ0n) is 12.9. The van der Waals surface area contributed by atoms with Crippen LogP contribution in [0.3, 0.4) is 0 Å². The van der Waals surface area contributed by atoms with Crippen molar-refractivity contribution in [3.63, 3.8) is 0 Å². The lowest BCUT2D eigenvalue weighted by Crippen LogP contribution is -2.02. The molecule has 0 saturated carbocycles. The molecule has 0 saturated heterocycles. The number of unbranched alkanes of at least 4 members (excludes halogenated alkanes) is 6. The third kappa shape index (κ3) is 8.18. The first-order chi connectivity index (χ1) is 10.2. The Bertz CT molecular complexity index is 423. The number of rotatable bonds is 11. The molecule has 0 aliphatic heterocycles. The maximum absolute atomic E-state index is 11.2. The monoisotopic (exact) mass is 290 g/mol. The van der Waals surface area contributed by atoms with E-state index >= 15 is 0 Å². The van der Waals surface area contributed by atoms with Gasteiger partial charge in [-0.3, -0.25) is 0 Å². The fraction of sp³-hybridized carbons (Fsp3) is 0.500. The first kappa shape index (κ1) is 17.3. The Morgan fingerprint density at radius 1 is 1.05 bits per heavy atom. The average molecular weight is 290 g/mol. The maximum atomic E-state index is 11.2. The fourth-order valence-electron chi connectivity index (χ4n) is 2.13. The molecule has 1 aromatic rings. The summed E-state index contributed by atoms with van der Waals surface area (Å²) in [4.78, 5) is 11.2. The standard InChI is InChI=1S/C18H26O3/c1-2-3-4-5-6-7-9-12-16(18(19)20)15-21-17-13-10-8-11-14-17/h8,10-11,13-15H,2-7,9,12H2,1H3,(H,19,20). The normalized spacial score (nSPS) is 11.4. The van der Waals surface area contributed by atoms with Crippen LogP contribution in [-0.4, -0.2) is 11.1 Å². The van der Waals surface area contributed by atoms with Crippen LogP contribution in [0.25, 0.3) is 0 Å². The molecule has 0 radical (unpaired) electrons. The van der Waals surface area contributed by atoms with Gasteiger partial charge in [-0.05, 0) is 25.0 Å².